The number of nitrogens with zero attached hydrogens (tertiary/aromatic N) is 3. The van der Waals surface area contributed by atoms with Crippen LogP contribution in [0.2, 0.25) is 0 Å². The number of nitrogens with one attached hydrogen (secondary N) is 1. The van der Waals surface area contributed by atoms with Crippen LogP contribution in [0.4, 0.5) is 23.4 Å². The fourth-order valence-corrected chi connectivity index (χ4v) is 4.63. The molecule has 11 heteroatoms. The van der Waals surface area contributed by atoms with Crippen LogP contribution >= 0.6 is 0 Å². The molecule has 1 spiro atoms. The van der Waals surface area contributed by atoms with Gasteiger partial charge in [-0.3, -0.25) is 9.59 Å². The van der Waals surface area contributed by atoms with Gasteiger partial charge >= 0.3 is 6.18 Å². The van der Waals surface area contributed by atoms with E-state index < -0.39 is 23.5 Å². The number of alkyl halides is 3. The summed E-state index contributed by atoms with van der Waals surface area (Å²) in [6, 6.07) is 2.23. The number of benzene rings is 1. The predicted octanol–water partition coefficient (Wildman–Crippen LogP) is 2.84. The zero-order chi connectivity index (χ0) is 24.1. The van der Waals surface area contributed by atoms with E-state index in [0.717, 1.165) is 6.07 Å². The van der Waals surface area contributed by atoms with E-state index in [1.807, 2.05) is 0 Å². The van der Waals surface area contributed by atoms with E-state index in [2.05, 4.69) is 22.3 Å². The van der Waals surface area contributed by atoms with Gasteiger partial charge in [0, 0.05) is 31.1 Å². The summed E-state index contributed by atoms with van der Waals surface area (Å²) in [4.78, 5) is 26.0. The van der Waals surface area contributed by atoms with Gasteiger partial charge in [0.2, 0.25) is 0 Å². The lowest BCUT2D eigenvalue weighted by Gasteiger charge is -2.58. The van der Waals surface area contributed by atoms with Crippen LogP contribution in [-0.2, 0) is 11.0 Å². The number of hydrogen-bond acceptors (Lipinski definition) is 4. The number of carbonyl (C=O) groups is 2. The lowest BCUT2D eigenvalue weighted by Crippen LogP contribution is -2.63. The Morgan fingerprint density at radius 1 is 1.27 bits per heavy atom. The molecule has 33 heavy (non-hydrogen) atoms. The topological polar surface area (TPSA) is 93.2 Å². The molecular formula is C22H21F4N5O2. The number of hydrogen-bond donors (Lipinski definition) is 2. The number of amides is 2. The molecule has 1 saturated carbocycles. The first kappa shape index (κ1) is 22.6. The van der Waals surface area contributed by atoms with Gasteiger partial charge < -0.3 is 16.0 Å². The second kappa shape index (κ2) is 7.79. The fourth-order valence-electron chi connectivity index (χ4n) is 4.63. The molecule has 0 unspecified atom stereocenters. The standard InChI is InChI=1S/C22H21F4N5O2/c1-3-4-16(32)30-10-21(11-30)8-13(9-21)31-19(27)17(20(33)28-2)18(29-31)12-5-6-14(15(23)7-12)22(24,25)26/h5-7,13H,8-11,27H2,1-2H3,(H,28,33). The molecule has 2 heterocycles. The number of aromatic nitrogens is 2. The number of likely N-dealkylation sites (tertiary alicyclic amines) is 1. The zero-order valence-corrected chi connectivity index (χ0v) is 17.9. The molecule has 174 valence electrons. The van der Waals surface area contributed by atoms with Crippen molar-refractivity contribution in [3.8, 4) is 23.1 Å². The minimum Gasteiger partial charge on any atom is -0.383 e. The van der Waals surface area contributed by atoms with Gasteiger partial charge in [-0.2, -0.15) is 18.3 Å². The maximum Gasteiger partial charge on any atom is 0.419 e. The van der Waals surface area contributed by atoms with E-state index in [4.69, 9.17) is 5.73 Å². The van der Waals surface area contributed by atoms with Crippen molar-refractivity contribution in [2.45, 2.75) is 32.0 Å². The highest BCUT2D eigenvalue weighted by Crippen LogP contribution is 2.55. The summed E-state index contributed by atoms with van der Waals surface area (Å²) >= 11 is 0. The maximum atomic E-state index is 14.2. The Balaban J connectivity index is 1.61. The monoisotopic (exact) mass is 463 g/mol. The summed E-state index contributed by atoms with van der Waals surface area (Å²) in [6.07, 6.45) is -3.52. The fraction of sp³-hybridized carbons (Fsp3) is 0.409. The van der Waals surface area contributed by atoms with Crippen molar-refractivity contribution in [3.05, 3.63) is 35.1 Å². The third-order valence-electron chi connectivity index (χ3n) is 6.20. The zero-order valence-electron chi connectivity index (χ0n) is 17.9. The Kier molecular flexibility index (Phi) is 5.35. The summed E-state index contributed by atoms with van der Waals surface area (Å²) < 4.78 is 54.4. The van der Waals surface area contributed by atoms with Crippen LogP contribution in [0, 0.1) is 23.1 Å². The van der Waals surface area contributed by atoms with E-state index in [9.17, 15) is 27.2 Å². The van der Waals surface area contributed by atoms with Crippen molar-refractivity contribution in [2.24, 2.45) is 5.41 Å². The number of nitrogens with two attached hydrogens (primary N) is 1. The maximum absolute atomic E-state index is 14.2. The van der Waals surface area contributed by atoms with Crippen LogP contribution in [-0.4, -0.2) is 46.6 Å². The molecule has 7 nitrogen and oxygen atoms in total. The van der Waals surface area contributed by atoms with E-state index in [0.29, 0.717) is 38.1 Å². The summed E-state index contributed by atoms with van der Waals surface area (Å²) in [5.41, 5.74) is 4.73. The van der Waals surface area contributed by atoms with Gasteiger partial charge in [0.1, 0.15) is 22.9 Å². The Morgan fingerprint density at radius 3 is 2.48 bits per heavy atom. The molecule has 1 saturated heterocycles. The lowest BCUT2D eigenvalue weighted by molar-refractivity contribution is -0.148. The van der Waals surface area contributed by atoms with Crippen LogP contribution in [0.25, 0.3) is 11.3 Å². The number of anilines is 1. The first-order valence-electron chi connectivity index (χ1n) is 10.2. The van der Waals surface area contributed by atoms with Crippen LogP contribution in [0.1, 0.15) is 41.7 Å². The van der Waals surface area contributed by atoms with Crippen LogP contribution in [0.5, 0.6) is 0 Å². The van der Waals surface area contributed by atoms with Crippen LogP contribution in [0.15, 0.2) is 18.2 Å². The van der Waals surface area contributed by atoms with Gasteiger partial charge in [0.25, 0.3) is 11.8 Å². The number of nitrogen functional groups attached to an aromatic ring is 1. The summed E-state index contributed by atoms with van der Waals surface area (Å²) in [5, 5.41) is 6.83. The summed E-state index contributed by atoms with van der Waals surface area (Å²) in [6.45, 7) is 2.73. The van der Waals surface area contributed by atoms with Crippen molar-refractivity contribution in [2.75, 3.05) is 25.9 Å². The molecule has 1 aromatic heterocycles. The highest BCUT2D eigenvalue weighted by atomic mass is 19.4. The van der Waals surface area contributed by atoms with Crippen molar-refractivity contribution in [1.82, 2.24) is 20.0 Å². The lowest BCUT2D eigenvalue weighted by atomic mass is 9.60. The molecule has 1 aliphatic carbocycles. The minimum atomic E-state index is -4.84. The Morgan fingerprint density at radius 2 is 1.94 bits per heavy atom. The van der Waals surface area contributed by atoms with Gasteiger partial charge in [0.15, 0.2) is 0 Å². The molecule has 1 aromatic carbocycles. The van der Waals surface area contributed by atoms with Crippen LogP contribution in [0.3, 0.4) is 0 Å². The van der Waals surface area contributed by atoms with E-state index >= 15 is 0 Å². The molecule has 2 amide bonds. The number of rotatable bonds is 3. The molecule has 0 bridgehead atoms. The molecular weight excluding hydrogens is 442 g/mol. The molecule has 0 atom stereocenters. The molecule has 2 aromatic rings. The third kappa shape index (κ3) is 3.79. The Bertz CT molecular complexity index is 1190. The van der Waals surface area contributed by atoms with E-state index in [1.165, 1.54) is 11.7 Å². The summed E-state index contributed by atoms with van der Waals surface area (Å²) in [7, 11) is 1.38. The minimum absolute atomic E-state index is 0.00376. The van der Waals surface area contributed by atoms with Gasteiger partial charge in [-0.1, -0.05) is 12.0 Å². The third-order valence-corrected chi connectivity index (χ3v) is 6.20. The highest BCUT2D eigenvalue weighted by Gasteiger charge is 2.55. The van der Waals surface area contributed by atoms with Gasteiger partial charge in [-0.25, -0.2) is 9.07 Å². The van der Waals surface area contributed by atoms with Gasteiger partial charge in [0.05, 0.1) is 11.6 Å². The number of carbonyl (C=O) groups excluding carboxylic acids is 2. The van der Waals surface area contributed by atoms with Gasteiger partial charge in [-0.15, -0.1) is 0 Å². The molecule has 4 rings (SSSR count). The molecule has 0 radical (unpaired) electrons. The smallest absolute Gasteiger partial charge is 0.383 e. The molecule has 1 aliphatic heterocycles. The second-order valence-corrected chi connectivity index (χ2v) is 8.42. The largest absolute Gasteiger partial charge is 0.419 e. The average Bonchev–Trinajstić information content (AvgIpc) is 3.01. The van der Waals surface area contributed by atoms with Crippen molar-refractivity contribution < 1.29 is 27.2 Å². The second-order valence-electron chi connectivity index (χ2n) is 8.42. The Labute approximate surface area is 186 Å². The summed E-state index contributed by atoms with van der Waals surface area (Å²) in [5.74, 6) is 2.86. The van der Waals surface area contributed by atoms with Gasteiger partial charge in [-0.05, 0) is 37.8 Å². The van der Waals surface area contributed by atoms with E-state index in [1.54, 1.807) is 11.8 Å². The van der Waals surface area contributed by atoms with E-state index in [-0.39, 0.29) is 40.0 Å². The molecule has 3 N–H and O–H groups in total. The van der Waals surface area contributed by atoms with Crippen molar-refractivity contribution >= 4 is 17.6 Å². The average molecular weight is 463 g/mol. The van der Waals surface area contributed by atoms with Crippen molar-refractivity contribution in [1.29, 1.82) is 0 Å². The first-order valence-corrected chi connectivity index (χ1v) is 10.2. The normalized spacial score (nSPS) is 17.1. The quantitative estimate of drug-likeness (QED) is 0.541. The highest BCUT2D eigenvalue weighted by molar-refractivity contribution is 6.04. The molecule has 2 aliphatic rings. The SMILES string of the molecule is CC#CC(=O)N1CC2(CC(n3nc(-c4ccc(C(F)(F)F)c(F)c4)c(C(=O)NC)c3N)C2)C1. The van der Waals surface area contributed by atoms with Crippen LogP contribution < -0.4 is 11.1 Å². The molecule has 2 fully saturated rings. The number of halogens is 4. The van der Waals surface area contributed by atoms with Crippen molar-refractivity contribution in [3.63, 3.8) is 0 Å². The Hall–Kier alpha value is -3.55. The first-order chi connectivity index (χ1) is 15.5. The predicted molar refractivity (Wildman–Crippen MR) is 111 cm³/mol.